The smallest absolute Gasteiger partial charge is 0.223 e. The number of rotatable bonds is 5. The molecule has 0 unspecified atom stereocenters. The molecule has 2 fully saturated rings. The number of benzene rings is 1. The van der Waals surface area contributed by atoms with Crippen molar-refractivity contribution in [2.24, 2.45) is 11.3 Å². The van der Waals surface area contributed by atoms with Gasteiger partial charge in [0.15, 0.2) is 0 Å². The summed E-state index contributed by atoms with van der Waals surface area (Å²) in [7, 11) is 0. The number of carbonyl (C=O) groups excluding carboxylic acids is 1. The van der Waals surface area contributed by atoms with Crippen molar-refractivity contribution < 1.29 is 9.53 Å². The summed E-state index contributed by atoms with van der Waals surface area (Å²) in [6.07, 6.45) is 7.10. The third-order valence-corrected chi connectivity index (χ3v) is 6.47. The maximum atomic E-state index is 13.1. The number of halogens is 1. The highest BCUT2D eigenvalue weighted by atomic mass is 35.5. The van der Waals surface area contributed by atoms with E-state index in [4.69, 9.17) is 16.3 Å². The molecule has 1 aromatic carbocycles. The van der Waals surface area contributed by atoms with E-state index in [1.807, 2.05) is 18.2 Å². The van der Waals surface area contributed by atoms with Crippen LogP contribution in [0.4, 0.5) is 0 Å². The Balaban J connectivity index is 1.81. The summed E-state index contributed by atoms with van der Waals surface area (Å²) < 4.78 is 6.03. The quantitative estimate of drug-likeness (QED) is 0.713. The highest BCUT2D eigenvalue weighted by Crippen LogP contribution is 2.43. The average molecular weight is 378 g/mol. The molecule has 2 saturated heterocycles. The summed E-state index contributed by atoms with van der Waals surface area (Å²) in [6, 6.07) is 8.07. The van der Waals surface area contributed by atoms with Crippen LogP contribution >= 0.6 is 11.6 Å². The molecular weight excluding hydrogens is 346 g/mol. The van der Waals surface area contributed by atoms with Crippen LogP contribution in [-0.2, 0) is 16.0 Å². The molecule has 1 aromatic rings. The first-order valence-electron chi connectivity index (χ1n) is 10.1. The first-order chi connectivity index (χ1) is 12.5. The maximum absolute atomic E-state index is 13.1. The van der Waals surface area contributed by atoms with E-state index in [1.165, 1.54) is 6.42 Å². The van der Waals surface area contributed by atoms with Crippen LogP contribution in [0.1, 0.15) is 57.9 Å². The second kappa shape index (κ2) is 8.75. The summed E-state index contributed by atoms with van der Waals surface area (Å²) in [5.41, 5.74) is 1.11. The Labute approximate surface area is 163 Å². The Morgan fingerprint density at radius 1 is 1.27 bits per heavy atom. The van der Waals surface area contributed by atoms with Crippen LogP contribution < -0.4 is 0 Å². The fourth-order valence-corrected chi connectivity index (χ4v) is 4.65. The highest BCUT2D eigenvalue weighted by Gasteiger charge is 2.41. The van der Waals surface area contributed by atoms with E-state index in [2.05, 4.69) is 24.8 Å². The van der Waals surface area contributed by atoms with Gasteiger partial charge in [-0.1, -0.05) is 43.6 Å². The topological polar surface area (TPSA) is 29.5 Å². The number of carbonyl (C=O) groups is 1. The van der Waals surface area contributed by atoms with Crippen LogP contribution in [0, 0.1) is 11.3 Å². The van der Waals surface area contributed by atoms with Crippen molar-refractivity contribution in [2.75, 3.05) is 19.7 Å². The molecule has 2 aliphatic heterocycles. The van der Waals surface area contributed by atoms with Crippen LogP contribution in [0.5, 0.6) is 0 Å². The van der Waals surface area contributed by atoms with Gasteiger partial charge in [-0.2, -0.15) is 0 Å². The van der Waals surface area contributed by atoms with Crippen molar-refractivity contribution in [3.8, 4) is 0 Å². The number of nitrogens with zero attached hydrogens (tertiary/aromatic N) is 1. The van der Waals surface area contributed by atoms with Crippen LogP contribution in [0.2, 0.25) is 5.02 Å². The number of hydrogen-bond acceptors (Lipinski definition) is 2. The second-order valence-corrected chi connectivity index (χ2v) is 8.90. The van der Waals surface area contributed by atoms with Crippen molar-refractivity contribution in [1.82, 2.24) is 4.90 Å². The average Bonchev–Trinajstić information content (AvgIpc) is 2.64. The van der Waals surface area contributed by atoms with Crippen molar-refractivity contribution in [3.63, 3.8) is 0 Å². The Hall–Kier alpha value is -1.06. The van der Waals surface area contributed by atoms with Crippen molar-refractivity contribution in [3.05, 3.63) is 34.9 Å². The second-order valence-electron chi connectivity index (χ2n) is 8.49. The van der Waals surface area contributed by atoms with E-state index >= 15 is 0 Å². The van der Waals surface area contributed by atoms with E-state index in [0.29, 0.717) is 18.2 Å². The Bertz CT molecular complexity index is 612. The van der Waals surface area contributed by atoms with Gasteiger partial charge in [0.05, 0.1) is 6.10 Å². The Morgan fingerprint density at radius 2 is 2.00 bits per heavy atom. The SMILES string of the molecule is CC(C)[C@H]1C[C@](CC(=O)N2CCCCC2)(Cc2ccccc2Cl)CCO1. The predicted octanol–water partition coefficient (Wildman–Crippen LogP) is 5.11. The molecule has 0 bridgehead atoms. The molecule has 2 heterocycles. The third kappa shape index (κ3) is 4.80. The lowest BCUT2D eigenvalue weighted by Crippen LogP contribution is -2.44. The summed E-state index contributed by atoms with van der Waals surface area (Å²) in [5.74, 6) is 0.784. The predicted molar refractivity (Wildman–Crippen MR) is 106 cm³/mol. The van der Waals surface area contributed by atoms with Gasteiger partial charge in [-0.3, -0.25) is 4.79 Å². The van der Waals surface area contributed by atoms with Gasteiger partial charge in [-0.15, -0.1) is 0 Å². The molecule has 1 amide bonds. The van der Waals surface area contributed by atoms with Gasteiger partial charge in [0.2, 0.25) is 5.91 Å². The number of likely N-dealkylation sites (tertiary alicyclic amines) is 1. The highest BCUT2D eigenvalue weighted by molar-refractivity contribution is 6.31. The third-order valence-electron chi connectivity index (χ3n) is 6.10. The van der Waals surface area contributed by atoms with E-state index in [-0.39, 0.29) is 11.5 Å². The van der Waals surface area contributed by atoms with Gasteiger partial charge in [-0.05, 0) is 61.5 Å². The molecule has 0 spiro atoms. The lowest BCUT2D eigenvalue weighted by atomic mass is 9.69. The van der Waals surface area contributed by atoms with Crippen LogP contribution in [0.3, 0.4) is 0 Å². The number of amides is 1. The molecule has 0 radical (unpaired) electrons. The standard InChI is InChI=1S/C22H32ClNO2/c1-17(2)20-15-22(10-13-26-20,14-18-8-4-5-9-19(18)23)16-21(25)24-11-6-3-7-12-24/h4-5,8-9,17,20H,3,6-7,10-16H2,1-2H3/t20-,22-/m1/s1. The monoisotopic (exact) mass is 377 g/mol. The van der Waals surface area contributed by atoms with Gasteiger partial charge in [-0.25, -0.2) is 0 Å². The summed E-state index contributed by atoms with van der Waals surface area (Å²) >= 11 is 6.46. The Kier molecular flexibility index (Phi) is 6.63. The minimum absolute atomic E-state index is 0.0489. The van der Waals surface area contributed by atoms with E-state index in [9.17, 15) is 4.79 Å². The lowest BCUT2D eigenvalue weighted by Gasteiger charge is -2.43. The largest absolute Gasteiger partial charge is 0.378 e. The zero-order valence-electron chi connectivity index (χ0n) is 16.2. The summed E-state index contributed by atoms with van der Waals surface area (Å²) in [5, 5.41) is 0.810. The molecule has 2 atom stereocenters. The number of hydrogen-bond donors (Lipinski definition) is 0. The minimum atomic E-state index is -0.0489. The lowest BCUT2D eigenvalue weighted by molar-refractivity contribution is -0.139. The zero-order chi connectivity index (χ0) is 18.6. The van der Waals surface area contributed by atoms with E-state index in [0.717, 1.165) is 62.4 Å². The summed E-state index contributed by atoms with van der Waals surface area (Å²) in [4.78, 5) is 15.2. The molecule has 0 saturated carbocycles. The van der Waals surface area contributed by atoms with Crippen molar-refractivity contribution in [1.29, 1.82) is 0 Å². The first-order valence-corrected chi connectivity index (χ1v) is 10.5. The fraction of sp³-hybridized carbons (Fsp3) is 0.682. The van der Waals surface area contributed by atoms with Gasteiger partial charge < -0.3 is 9.64 Å². The molecule has 144 valence electrons. The Morgan fingerprint density at radius 3 is 2.69 bits per heavy atom. The molecular formula is C22H32ClNO2. The number of piperidine rings is 1. The van der Waals surface area contributed by atoms with Gasteiger partial charge in [0, 0.05) is 31.1 Å². The van der Waals surface area contributed by atoms with Crippen molar-refractivity contribution >= 4 is 17.5 Å². The molecule has 0 aromatic heterocycles. The van der Waals surface area contributed by atoms with Crippen molar-refractivity contribution in [2.45, 2.75) is 64.9 Å². The molecule has 4 heteroatoms. The zero-order valence-corrected chi connectivity index (χ0v) is 16.9. The van der Waals surface area contributed by atoms with Gasteiger partial charge in [0.25, 0.3) is 0 Å². The molecule has 0 aliphatic carbocycles. The fourth-order valence-electron chi connectivity index (χ4n) is 4.45. The molecule has 3 rings (SSSR count). The molecule has 26 heavy (non-hydrogen) atoms. The molecule has 2 aliphatic rings. The summed E-state index contributed by atoms with van der Waals surface area (Å²) in [6.45, 7) is 7.00. The maximum Gasteiger partial charge on any atom is 0.223 e. The number of ether oxygens (including phenoxy) is 1. The van der Waals surface area contributed by atoms with E-state index < -0.39 is 0 Å². The molecule has 0 N–H and O–H groups in total. The normalized spacial score (nSPS) is 26.9. The van der Waals surface area contributed by atoms with E-state index in [1.54, 1.807) is 0 Å². The van der Waals surface area contributed by atoms with Gasteiger partial charge >= 0.3 is 0 Å². The first kappa shape index (κ1) is 19.7. The van der Waals surface area contributed by atoms with Crippen LogP contribution in [-0.4, -0.2) is 36.6 Å². The molecule has 3 nitrogen and oxygen atoms in total. The van der Waals surface area contributed by atoms with Gasteiger partial charge in [0.1, 0.15) is 0 Å². The van der Waals surface area contributed by atoms with Crippen LogP contribution in [0.25, 0.3) is 0 Å². The minimum Gasteiger partial charge on any atom is -0.378 e. The van der Waals surface area contributed by atoms with Crippen LogP contribution in [0.15, 0.2) is 24.3 Å².